The molecule has 0 radical (unpaired) electrons. The maximum atomic E-state index is 6.50. The van der Waals surface area contributed by atoms with Gasteiger partial charge in [0.25, 0.3) is 0 Å². The highest BCUT2D eigenvalue weighted by atomic mass is 35.5. The zero-order valence-electron chi connectivity index (χ0n) is 12.4. The number of hydrogen-bond donors (Lipinski definition) is 1. The van der Waals surface area contributed by atoms with Crippen LogP contribution in [0.5, 0.6) is 0 Å². The standard InChI is InChI=1S/C17H23ClN2O/c18-15-10-14(7-4-12(15)11-19-13-5-6-13)20-8-9-21-17-3-1-2-16(17)20/h4,7,10,13,16-17,19H,1-3,5-6,8-9,11H2. The molecule has 2 aliphatic carbocycles. The number of ether oxygens (including phenoxy) is 1. The summed E-state index contributed by atoms with van der Waals surface area (Å²) in [5, 5.41) is 4.42. The van der Waals surface area contributed by atoms with Gasteiger partial charge in [-0.3, -0.25) is 0 Å². The van der Waals surface area contributed by atoms with Crippen molar-refractivity contribution in [1.29, 1.82) is 0 Å². The van der Waals surface area contributed by atoms with E-state index in [0.29, 0.717) is 12.1 Å². The molecule has 0 spiro atoms. The average molecular weight is 307 g/mol. The summed E-state index contributed by atoms with van der Waals surface area (Å²) < 4.78 is 5.89. The van der Waals surface area contributed by atoms with Gasteiger partial charge in [-0.15, -0.1) is 0 Å². The summed E-state index contributed by atoms with van der Waals surface area (Å²) in [4.78, 5) is 2.51. The van der Waals surface area contributed by atoms with Crippen LogP contribution in [0, 0.1) is 0 Å². The van der Waals surface area contributed by atoms with Gasteiger partial charge < -0.3 is 15.0 Å². The fourth-order valence-corrected chi connectivity index (χ4v) is 3.89. The van der Waals surface area contributed by atoms with E-state index >= 15 is 0 Å². The van der Waals surface area contributed by atoms with Crippen LogP contribution in [0.2, 0.25) is 5.02 Å². The molecule has 4 rings (SSSR count). The summed E-state index contributed by atoms with van der Waals surface area (Å²) in [6, 6.07) is 7.83. The first-order valence-corrected chi connectivity index (χ1v) is 8.59. The number of benzene rings is 1. The molecule has 1 heterocycles. The molecule has 0 bridgehead atoms. The van der Waals surface area contributed by atoms with Crippen molar-refractivity contribution in [2.24, 2.45) is 0 Å². The molecule has 3 nitrogen and oxygen atoms in total. The molecule has 3 fully saturated rings. The molecule has 1 saturated heterocycles. The molecule has 2 unspecified atom stereocenters. The molecule has 1 aromatic carbocycles. The van der Waals surface area contributed by atoms with E-state index in [1.54, 1.807) is 0 Å². The van der Waals surface area contributed by atoms with Crippen molar-refractivity contribution < 1.29 is 4.74 Å². The first-order chi connectivity index (χ1) is 10.3. The highest BCUT2D eigenvalue weighted by Crippen LogP contribution is 2.34. The monoisotopic (exact) mass is 306 g/mol. The minimum absolute atomic E-state index is 0.425. The minimum Gasteiger partial charge on any atom is -0.374 e. The summed E-state index contributed by atoms with van der Waals surface area (Å²) >= 11 is 6.50. The lowest BCUT2D eigenvalue weighted by Crippen LogP contribution is -2.48. The highest BCUT2D eigenvalue weighted by Gasteiger charge is 2.36. The molecule has 2 atom stereocenters. The number of rotatable bonds is 4. The number of hydrogen-bond acceptors (Lipinski definition) is 3. The van der Waals surface area contributed by atoms with Crippen LogP contribution in [0.3, 0.4) is 0 Å². The van der Waals surface area contributed by atoms with Crippen LogP contribution in [-0.2, 0) is 11.3 Å². The largest absolute Gasteiger partial charge is 0.374 e. The van der Waals surface area contributed by atoms with E-state index in [-0.39, 0.29) is 0 Å². The Balaban J connectivity index is 1.50. The maximum Gasteiger partial charge on any atom is 0.0779 e. The van der Waals surface area contributed by atoms with Gasteiger partial charge >= 0.3 is 0 Å². The van der Waals surface area contributed by atoms with Crippen LogP contribution in [-0.4, -0.2) is 31.3 Å². The van der Waals surface area contributed by atoms with Crippen molar-refractivity contribution in [3.05, 3.63) is 28.8 Å². The number of morpholine rings is 1. The first kappa shape index (κ1) is 13.9. The van der Waals surface area contributed by atoms with Gasteiger partial charge in [-0.1, -0.05) is 17.7 Å². The second kappa shape index (κ2) is 5.79. The normalized spacial score (nSPS) is 28.7. The Labute approximate surface area is 131 Å². The van der Waals surface area contributed by atoms with E-state index in [1.165, 1.54) is 43.4 Å². The number of halogens is 1. The molecule has 0 aromatic heterocycles. The molecule has 3 aliphatic rings. The molecule has 0 amide bonds. The van der Waals surface area contributed by atoms with E-state index in [2.05, 4.69) is 28.4 Å². The van der Waals surface area contributed by atoms with E-state index in [4.69, 9.17) is 16.3 Å². The second-order valence-electron chi connectivity index (χ2n) is 6.53. The molecular weight excluding hydrogens is 284 g/mol. The van der Waals surface area contributed by atoms with Gasteiger partial charge in [-0.05, 0) is 49.8 Å². The molecule has 2 saturated carbocycles. The third kappa shape index (κ3) is 2.92. The van der Waals surface area contributed by atoms with Crippen LogP contribution in [0.15, 0.2) is 18.2 Å². The fraction of sp³-hybridized carbons (Fsp3) is 0.647. The minimum atomic E-state index is 0.425. The summed E-state index contributed by atoms with van der Waals surface area (Å²) in [6.45, 7) is 2.71. The van der Waals surface area contributed by atoms with Crippen molar-refractivity contribution in [3.63, 3.8) is 0 Å². The summed E-state index contributed by atoms with van der Waals surface area (Å²) in [5.74, 6) is 0. The predicted molar refractivity (Wildman–Crippen MR) is 86.0 cm³/mol. The molecule has 21 heavy (non-hydrogen) atoms. The summed E-state index contributed by atoms with van der Waals surface area (Å²) in [7, 11) is 0. The van der Waals surface area contributed by atoms with E-state index < -0.39 is 0 Å². The van der Waals surface area contributed by atoms with Crippen LogP contribution >= 0.6 is 11.6 Å². The Morgan fingerprint density at radius 1 is 1.24 bits per heavy atom. The molecule has 114 valence electrons. The lowest BCUT2D eigenvalue weighted by Gasteiger charge is -2.39. The number of nitrogens with one attached hydrogen (secondary N) is 1. The van der Waals surface area contributed by atoms with Crippen molar-refractivity contribution >= 4 is 17.3 Å². The first-order valence-electron chi connectivity index (χ1n) is 8.21. The maximum absolute atomic E-state index is 6.50. The SMILES string of the molecule is Clc1cc(N2CCOC3CCCC32)ccc1CNC1CC1. The van der Waals surface area contributed by atoms with Crippen LogP contribution < -0.4 is 10.2 Å². The lowest BCUT2D eigenvalue weighted by molar-refractivity contribution is 0.0256. The predicted octanol–water partition coefficient (Wildman–Crippen LogP) is 3.35. The quantitative estimate of drug-likeness (QED) is 0.923. The van der Waals surface area contributed by atoms with Gasteiger partial charge in [0.1, 0.15) is 0 Å². The van der Waals surface area contributed by atoms with Crippen molar-refractivity contribution in [3.8, 4) is 0 Å². The van der Waals surface area contributed by atoms with E-state index in [1.807, 2.05) is 0 Å². The summed E-state index contributed by atoms with van der Waals surface area (Å²) in [6.07, 6.45) is 6.78. The van der Waals surface area contributed by atoms with Crippen LogP contribution in [0.4, 0.5) is 5.69 Å². The zero-order valence-corrected chi connectivity index (χ0v) is 13.1. The lowest BCUT2D eigenvalue weighted by atomic mass is 10.1. The van der Waals surface area contributed by atoms with E-state index in [0.717, 1.165) is 30.8 Å². The third-order valence-corrected chi connectivity index (χ3v) is 5.36. The molecular formula is C17H23ClN2O. The van der Waals surface area contributed by atoms with Gasteiger partial charge in [0.05, 0.1) is 18.8 Å². The molecule has 1 N–H and O–H groups in total. The van der Waals surface area contributed by atoms with Gasteiger partial charge in [0.2, 0.25) is 0 Å². The van der Waals surface area contributed by atoms with Gasteiger partial charge in [0.15, 0.2) is 0 Å². The number of anilines is 1. The molecule has 1 aromatic rings. The topological polar surface area (TPSA) is 24.5 Å². The van der Waals surface area contributed by atoms with Crippen LogP contribution in [0.1, 0.15) is 37.7 Å². The van der Waals surface area contributed by atoms with Crippen molar-refractivity contribution in [2.75, 3.05) is 18.1 Å². The Hall–Kier alpha value is -0.770. The Kier molecular flexibility index (Phi) is 3.82. The zero-order chi connectivity index (χ0) is 14.2. The Morgan fingerprint density at radius 2 is 2.14 bits per heavy atom. The Morgan fingerprint density at radius 3 is 2.95 bits per heavy atom. The number of fused-ring (bicyclic) bond motifs is 1. The highest BCUT2D eigenvalue weighted by molar-refractivity contribution is 6.31. The smallest absolute Gasteiger partial charge is 0.0779 e. The molecule has 1 aliphatic heterocycles. The second-order valence-corrected chi connectivity index (χ2v) is 6.94. The fourth-order valence-electron chi connectivity index (χ4n) is 3.65. The molecule has 4 heteroatoms. The van der Waals surface area contributed by atoms with Crippen LogP contribution in [0.25, 0.3) is 0 Å². The third-order valence-electron chi connectivity index (χ3n) is 5.01. The van der Waals surface area contributed by atoms with E-state index in [9.17, 15) is 0 Å². The van der Waals surface area contributed by atoms with Gasteiger partial charge in [-0.25, -0.2) is 0 Å². The van der Waals surface area contributed by atoms with Gasteiger partial charge in [-0.2, -0.15) is 0 Å². The van der Waals surface area contributed by atoms with Crippen molar-refractivity contribution in [2.45, 2.75) is 56.8 Å². The van der Waals surface area contributed by atoms with Crippen molar-refractivity contribution in [1.82, 2.24) is 5.32 Å². The number of nitrogens with zero attached hydrogens (tertiary/aromatic N) is 1. The van der Waals surface area contributed by atoms with Gasteiger partial charge in [0, 0.05) is 29.8 Å². The summed E-state index contributed by atoms with van der Waals surface area (Å²) in [5.41, 5.74) is 2.47. The Bertz CT molecular complexity index is 518. The average Bonchev–Trinajstić information content (AvgIpc) is 3.20.